The minimum absolute atomic E-state index is 0.0187. The van der Waals surface area contributed by atoms with E-state index in [4.69, 9.17) is 9.47 Å². The molecule has 0 aliphatic heterocycles. The number of amides is 1. The minimum Gasteiger partial charge on any atom is -0.497 e. The van der Waals surface area contributed by atoms with Crippen LogP contribution in [0.15, 0.2) is 35.9 Å². The largest absolute Gasteiger partial charge is 0.497 e. The van der Waals surface area contributed by atoms with Crippen molar-refractivity contribution in [3.05, 3.63) is 41.5 Å². The number of carbonyl (C=O) groups excluding carboxylic acids is 4. The van der Waals surface area contributed by atoms with Crippen molar-refractivity contribution < 1.29 is 38.9 Å². The molecule has 0 bridgehead atoms. The number of ketones is 2. The van der Waals surface area contributed by atoms with E-state index < -0.39 is 35.5 Å². The summed E-state index contributed by atoms with van der Waals surface area (Å²) < 4.78 is 10.3. The van der Waals surface area contributed by atoms with Gasteiger partial charge in [0.15, 0.2) is 12.4 Å². The van der Waals surface area contributed by atoms with Gasteiger partial charge in [-0.1, -0.05) is 31.6 Å². The van der Waals surface area contributed by atoms with Gasteiger partial charge in [0.25, 0.3) is 0 Å². The van der Waals surface area contributed by atoms with E-state index in [1.54, 1.807) is 25.3 Å². The summed E-state index contributed by atoms with van der Waals surface area (Å²) in [7, 11) is 1.58. The van der Waals surface area contributed by atoms with Crippen LogP contribution in [0.2, 0.25) is 0 Å². The van der Waals surface area contributed by atoms with Gasteiger partial charge in [0.05, 0.1) is 19.6 Å². The number of ether oxygens (including phenoxy) is 2. The van der Waals surface area contributed by atoms with Crippen LogP contribution >= 0.6 is 0 Å². The second-order valence-corrected chi connectivity index (χ2v) is 13.2. The molecule has 9 nitrogen and oxygen atoms in total. The van der Waals surface area contributed by atoms with E-state index in [-0.39, 0.29) is 60.5 Å². The van der Waals surface area contributed by atoms with Crippen LogP contribution in [-0.4, -0.2) is 59.1 Å². The summed E-state index contributed by atoms with van der Waals surface area (Å²) in [4.78, 5) is 50.1. The molecule has 3 fully saturated rings. The van der Waals surface area contributed by atoms with E-state index in [1.165, 1.54) is 0 Å². The quantitative estimate of drug-likeness (QED) is 0.377. The van der Waals surface area contributed by atoms with Crippen molar-refractivity contribution >= 4 is 23.4 Å². The molecular weight excluding hydrogens is 538 g/mol. The fourth-order valence-electron chi connectivity index (χ4n) is 8.74. The van der Waals surface area contributed by atoms with Gasteiger partial charge in [-0.3, -0.25) is 19.2 Å². The average Bonchev–Trinajstić information content (AvgIpc) is 3.24. The molecule has 0 saturated heterocycles. The van der Waals surface area contributed by atoms with Crippen molar-refractivity contribution in [3.63, 3.8) is 0 Å². The van der Waals surface area contributed by atoms with E-state index >= 15 is 0 Å². The van der Waals surface area contributed by atoms with Crippen LogP contribution in [-0.2, 0) is 30.5 Å². The van der Waals surface area contributed by atoms with E-state index in [9.17, 15) is 29.4 Å². The number of carbonyl (C=O) groups is 4. The first kappa shape index (κ1) is 30.4. The number of methoxy groups -OCH3 is 1. The fourth-order valence-corrected chi connectivity index (χ4v) is 8.74. The van der Waals surface area contributed by atoms with Crippen molar-refractivity contribution in [2.75, 3.05) is 13.7 Å². The molecule has 7 atom stereocenters. The zero-order valence-electron chi connectivity index (χ0n) is 24.8. The molecule has 42 heavy (non-hydrogen) atoms. The van der Waals surface area contributed by atoms with Gasteiger partial charge in [-0.05, 0) is 85.5 Å². The van der Waals surface area contributed by atoms with Crippen LogP contribution in [0.1, 0.15) is 77.2 Å². The van der Waals surface area contributed by atoms with Crippen molar-refractivity contribution in [3.8, 4) is 5.75 Å². The van der Waals surface area contributed by atoms with E-state index in [0.717, 1.165) is 36.1 Å². The summed E-state index contributed by atoms with van der Waals surface area (Å²) in [6.45, 7) is 3.81. The van der Waals surface area contributed by atoms with Crippen LogP contribution in [0.5, 0.6) is 5.75 Å². The molecule has 1 aromatic rings. The molecule has 228 valence electrons. The van der Waals surface area contributed by atoms with E-state index in [0.29, 0.717) is 19.4 Å². The average molecular weight is 582 g/mol. The maximum atomic E-state index is 13.4. The number of Topliss-reactive ketones (excluding diaryl/α,β-unsaturated/α-hetero) is 1. The third-order valence-corrected chi connectivity index (χ3v) is 11.1. The Morgan fingerprint density at radius 3 is 2.50 bits per heavy atom. The fraction of sp³-hybridized carbons (Fsp3) is 0.636. The summed E-state index contributed by atoms with van der Waals surface area (Å²) in [5.74, 6) is -0.518. The predicted molar refractivity (Wildman–Crippen MR) is 153 cm³/mol. The molecule has 4 aliphatic rings. The van der Waals surface area contributed by atoms with Crippen LogP contribution < -0.4 is 10.1 Å². The molecule has 3 N–H and O–H groups in total. The number of hydrogen-bond donors (Lipinski definition) is 3. The van der Waals surface area contributed by atoms with Gasteiger partial charge in [-0.15, -0.1) is 0 Å². The predicted octanol–water partition coefficient (Wildman–Crippen LogP) is 3.44. The third-order valence-electron chi connectivity index (χ3n) is 11.1. The third kappa shape index (κ3) is 5.30. The van der Waals surface area contributed by atoms with Gasteiger partial charge >= 0.3 is 5.97 Å². The second-order valence-electron chi connectivity index (χ2n) is 13.2. The molecule has 0 unspecified atom stereocenters. The topological polar surface area (TPSA) is 139 Å². The van der Waals surface area contributed by atoms with Gasteiger partial charge in [0, 0.05) is 24.8 Å². The number of benzene rings is 1. The van der Waals surface area contributed by atoms with Crippen molar-refractivity contribution in [1.29, 1.82) is 0 Å². The van der Waals surface area contributed by atoms with E-state index in [1.807, 2.05) is 19.1 Å². The van der Waals surface area contributed by atoms with Crippen LogP contribution in [0.25, 0.3) is 0 Å². The SMILES string of the molecule is COc1ccc(CNC(=O)CCC(=O)OCC(=O)[C@@]2(O)CC[C@@H]3[C@@H]4CCC5=CC(=O)CC[C@]5(C)[C@H]4[C@H](O)C[C@@]32C)cc1. The normalized spacial score (nSPS) is 35.3. The Morgan fingerprint density at radius 1 is 1.05 bits per heavy atom. The summed E-state index contributed by atoms with van der Waals surface area (Å²) in [5, 5.41) is 26.1. The molecule has 0 heterocycles. The molecule has 4 aliphatic carbocycles. The lowest BCUT2D eigenvalue weighted by Crippen LogP contribution is -2.62. The molecule has 1 aromatic carbocycles. The number of aliphatic hydroxyl groups excluding tert-OH is 1. The van der Waals surface area contributed by atoms with Crippen LogP contribution in [0, 0.1) is 28.6 Å². The highest BCUT2D eigenvalue weighted by Crippen LogP contribution is 2.67. The molecule has 1 amide bonds. The zero-order valence-corrected chi connectivity index (χ0v) is 24.8. The Kier molecular flexibility index (Phi) is 8.38. The Morgan fingerprint density at radius 2 is 1.79 bits per heavy atom. The monoisotopic (exact) mass is 581 g/mol. The molecule has 5 rings (SSSR count). The second kappa shape index (κ2) is 11.6. The van der Waals surface area contributed by atoms with Crippen molar-refractivity contribution in [1.82, 2.24) is 5.32 Å². The lowest BCUT2D eigenvalue weighted by atomic mass is 9.45. The maximum Gasteiger partial charge on any atom is 0.306 e. The molecule has 0 aromatic heterocycles. The van der Waals surface area contributed by atoms with Gasteiger partial charge in [-0.2, -0.15) is 0 Å². The highest BCUT2D eigenvalue weighted by atomic mass is 16.5. The van der Waals surface area contributed by atoms with Gasteiger partial charge in [-0.25, -0.2) is 0 Å². The van der Waals surface area contributed by atoms with Crippen LogP contribution in [0.4, 0.5) is 0 Å². The van der Waals surface area contributed by atoms with Gasteiger partial charge < -0.3 is 25.0 Å². The summed E-state index contributed by atoms with van der Waals surface area (Å²) in [6.07, 6.45) is 4.81. The number of hydrogen-bond acceptors (Lipinski definition) is 8. The van der Waals surface area contributed by atoms with Gasteiger partial charge in [0.1, 0.15) is 11.4 Å². The number of aliphatic hydroxyl groups is 2. The molecule has 3 saturated carbocycles. The Hall–Kier alpha value is -3.04. The van der Waals surface area contributed by atoms with Crippen molar-refractivity contribution in [2.24, 2.45) is 28.6 Å². The summed E-state index contributed by atoms with van der Waals surface area (Å²) in [5.41, 5.74) is -0.784. The standard InChI is InChI=1S/C33H43NO8/c1-31-14-12-22(35)16-21(31)6-9-24-25-13-15-33(40,32(25,2)17-26(36)30(24)31)27(37)19-42-29(39)11-10-28(38)34-18-20-4-7-23(41-3)8-5-20/h4-5,7-8,16,24-26,30,36,40H,6,9-15,17-19H2,1-3H3,(H,34,38)/t24-,25+,26+,30+,31-,32-,33-/m0/s1. The molecule has 0 radical (unpaired) electrons. The molecule has 9 heteroatoms. The molecular formula is C33H43NO8. The Balaban J connectivity index is 1.15. The lowest BCUT2D eigenvalue weighted by Gasteiger charge is -2.60. The maximum absolute atomic E-state index is 13.4. The smallest absolute Gasteiger partial charge is 0.306 e. The highest BCUT2D eigenvalue weighted by Gasteiger charge is 2.68. The minimum atomic E-state index is -1.71. The number of rotatable bonds is 9. The number of esters is 1. The number of allylic oxidation sites excluding steroid dienone is 1. The Labute approximate surface area is 247 Å². The first-order valence-corrected chi connectivity index (χ1v) is 15.1. The first-order chi connectivity index (χ1) is 19.9. The zero-order chi connectivity index (χ0) is 30.3. The summed E-state index contributed by atoms with van der Waals surface area (Å²) in [6, 6.07) is 7.27. The van der Waals surface area contributed by atoms with Crippen molar-refractivity contribution in [2.45, 2.75) is 89.9 Å². The van der Waals surface area contributed by atoms with Crippen LogP contribution in [0.3, 0.4) is 0 Å². The highest BCUT2D eigenvalue weighted by molar-refractivity contribution is 5.92. The Bertz CT molecular complexity index is 1270. The number of fused-ring (bicyclic) bond motifs is 5. The number of nitrogens with one attached hydrogen (secondary N) is 1. The first-order valence-electron chi connectivity index (χ1n) is 15.1. The van der Waals surface area contributed by atoms with E-state index in [2.05, 4.69) is 12.2 Å². The lowest BCUT2D eigenvalue weighted by molar-refractivity contribution is -0.184. The van der Waals surface area contributed by atoms with Gasteiger partial charge in [0.2, 0.25) is 11.7 Å². The summed E-state index contributed by atoms with van der Waals surface area (Å²) >= 11 is 0. The molecule has 0 spiro atoms.